The molecule has 5 nitrogen and oxygen atoms in total. The van der Waals surface area contributed by atoms with Crippen LogP contribution in [0.1, 0.15) is 38.2 Å². The molecule has 1 aliphatic rings. The van der Waals surface area contributed by atoms with Gasteiger partial charge in [-0.2, -0.15) is 0 Å². The molecule has 2 atom stereocenters. The van der Waals surface area contributed by atoms with Gasteiger partial charge in [-0.1, -0.05) is 44.2 Å². The number of nitrogens with zero attached hydrogens (tertiary/aromatic N) is 1. The molecule has 0 radical (unpaired) electrons. The predicted octanol–water partition coefficient (Wildman–Crippen LogP) is 1.51. The van der Waals surface area contributed by atoms with Crippen LogP contribution in [0.3, 0.4) is 0 Å². The summed E-state index contributed by atoms with van der Waals surface area (Å²) < 4.78 is 0. The third-order valence-corrected chi connectivity index (χ3v) is 4.55. The van der Waals surface area contributed by atoms with E-state index in [-0.39, 0.29) is 5.92 Å². The molecule has 23 heavy (non-hydrogen) atoms. The Bertz CT molecular complexity index is 518. The third-order valence-electron chi connectivity index (χ3n) is 4.55. The second-order valence-corrected chi connectivity index (χ2v) is 6.16. The summed E-state index contributed by atoms with van der Waals surface area (Å²) in [5, 5.41) is 5.48. The van der Waals surface area contributed by atoms with E-state index in [0.717, 1.165) is 31.5 Å². The number of carbonyl (C=O) groups excluding carboxylic acids is 2. The molecule has 0 unspecified atom stereocenters. The van der Waals surface area contributed by atoms with Gasteiger partial charge in [0.2, 0.25) is 0 Å². The van der Waals surface area contributed by atoms with Crippen molar-refractivity contribution in [1.82, 2.24) is 15.5 Å². The van der Waals surface area contributed by atoms with Crippen LogP contribution in [0.5, 0.6) is 0 Å². The number of rotatable bonds is 6. The predicted molar refractivity (Wildman–Crippen MR) is 91.1 cm³/mol. The number of hydrogen-bond acceptors (Lipinski definition) is 3. The van der Waals surface area contributed by atoms with Crippen molar-refractivity contribution in [3.8, 4) is 0 Å². The van der Waals surface area contributed by atoms with Crippen LogP contribution >= 0.6 is 0 Å². The van der Waals surface area contributed by atoms with E-state index in [2.05, 4.69) is 22.5 Å². The average Bonchev–Trinajstić information content (AvgIpc) is 3.05. The van der Waals surface area contributed by atoms with Gasteiger partial charge < -0.3 is 10.6 Å². The van der Waals surface area contributed by atoms with Crippen molar-refractivity contribution in [2.75, 3.05) is 26.2 Å². The summed E-state index contributed by atoms with van der Waals surface area (Å²) in [6.07, 6.45) is 2.25. The Labute approximate surface area is 138 Å². The van der Waals surface area contributed by atoms with Crippen LogP contribution in [0.25, 0.3) is 0 Å². The quantitative estimate of drug-likeness (QED) is 0.782. The van der Waals surface area contributed by atoms with Crippen molar-refractivity contribution < 1.29 is 9.59 Å². The fourth-order valence-electron chi connectivity index (χ4n) is 3.06. The van der Waals surface area contributed by atoms with Gasteiger partial charge in [0.15, 0.2) is 0 Å². The number of benzene rings is 1. The lowest BCUT2D eigenvalue weighted by atomic mass is 10.0. The largest absolute Gasteiger partial charge is 0.347 e. The van der Waals surface area contributed by atoms with Crippen molar-refractivity contribution in [2.45, 2.75) is 38.6 Å². The van der Waals surface area contributed by atoms with E-state index in [1.165, 1.54) is 0 Å². The summed E-state index contributed by atoms with van der Waals surface area (Å²) >= 11 is 0. The Hall–Kier alpha value is -1.88. The fraction of sp³-hybridized carbons (Fsp3) is 0.556. The lowest BCUT2D eigenvalue weighted by molar-refractivity contribution is -0.139. The molecule has 1 saturated heterocycles. The number of nitrogens with one attached hydrogen (secondary N) is 2. The minimum Gasteiger partial charge on any atom is -0.347 e. The molecule has 0 aliphatic carbocycles. The SMILES string of the molecule is CCN1CCC[C@@H]1CNC(=O)C(=O)NC[C@H](C)c1ccccc1. The summed E-state index contributed by atoms with van der Waals surface area (Å²) in [6.45, 7) is 7.23. The van der Waals surface area contributed by atoms with Crippen LogP contribution in [-0.4, -0.2) is 48.9 Å². The summed E-state index contributed by atoms with van der Waals surface area (Å²) in [5.74, 6) is -0.902. The first-order valence-corrected chi connectivity index (χ1v) is 8.46. The minimum absolute atomic E-state index is 0.179. The van der Waals surface area contributed by atoms with Gasteiger partial charge in [-0.3, -0.25) is 14.5 Å². The average molecular weight is 317 g/mol. The minimum atomic E-state index is -0.547. The van der Waals surface area contributed by atoms with Crippen LogP contribution in [0.4, 0.5) is 0 Å². The zero-order valence-electron chi connectivity index (χ0n) is 14.0. The standard InChI is InChI=1S/C18H27N3O2/c1-3-21-11-7-10-16(21)13-20-18(23)17(22)19-12-14(2)15-8-5-4-6-9-15/h4-6,8-9,14,16H,3,7,10-13H2,1-2H3,(H,19,22)(H,20,23)/t14-,16+/m0/s1. The molecule has 2 rings (SSSR count). The van der Waals surface area contributed by atoms with Crippen LogP contribution in [-0.2, 0) is 9.59 Å². The zero-order chi connectivity index (χ0) is 16.7. The van der Waals surface area contributed by atoms with Gasteiger partial charge in [0.1, 0.15) is 0 Å². The van der Waals surface area contributed by atoms with E-state index < -0.39 is 11.8 Å². The number of carbonyl (C=O) groups is 2. The third kappa shape index (κ3) is 5.06. The summed E-state index contributed by atoms with van der Waals surface area (Å²) in [7, 11) is 0. The molecule has 2 amide bonds. The Kier molecular flexibility index (Phi) is 6.59. The molecule has 1 heterocycles. The highest BCUT2D eigenvalue weighted by Gasteiger charge is 2.24. The highest BCUT2D eigenvalue weighted by Crippen LogP contribution is 2.15. The number of likely N-dealkylation sites (N-methyl/N-ethyl adjacent to an activating group) is 1. The maximum absolute atomic E-state index is 11.9. The Morgan fingerprint density at radius 1 is 1.22 bits per heavy atom. The highest BCUT2D eigenvalue weighted by molar-refractivity contribution is 6.35. The number of hydrogen-bond donors (Lipinski definition) is 2. The van der Waals surface area contributed by atoms with Crippen LogP contribution in [0.15, 0.2) is 30.3 Å². The molecule has 1 aromatic carbocycles. The molecule has 2 N–H and O–H groups in total. The molecule has 0 aromatic heterocycles. The molecular weight excluding hydrogens is 290 g/mol. The van der Waals surface area contributed by atoms with Gasteiger partial charge in [-0.15, -0.1) is 0 Å². The Balaban J connectivity index is 1.71. The smallest absolute Gasteiger partial charge is 0.309 e. The monoisotopic (exact) mass is 317 g/mol. The van der Waals surface area contributed by atoms with Gasteiger partial charge in [0.25, 0.3) is 0 Å². The first-order chi connectivity index (χ1) is 11.1. The van der Waals surface area contributed by atoms with E-state index in [9.17, 15) is 9.59 Å². The van der Waals surface area contributed by atoms with Gasteiger partial charge in [0.05, 0.1) is 0 Å². The fourth-order valence-corrected chi connectivity index (χ4v) is 3.06. The molecule has 0 spiro atoms. The van der Waals surface area contributed by atoms with E-state index in [1.54, 1.807) is 0 Å². The topological polar surface area (TPSA) is 61.4 Å². The summed E-state index contributed by atoms with van der Waals surface area (Å²) in [4.78, 5) is 26.1. The van der Waals surface area contributed by atoms with Gasteiger partial charge in [-0.25, -0.2) is 0 Å². The summed E-state index contributed by atoms with van der Waals surface area (Å²) in [6, 6.07) is 10.3. The maximum atomic E-state index is 11.9. The zero-order valence-corrected chi connectivity index (χ0v) is 14.0. The van der Waals surface area contributed by atoms with Gasteiger partial charge >= 0.3 is 11.8 Å². The Morgan fingerprint density at radius 2 is 1.91 bits per heavy atom. The van der Waals surface area contributed by atoms with Gasteiger partial charge in [0, 0.05) is 19.1 Å². The van der Waals surface area contributed by atoms with E-state index in [4.69, 9.17) is 0 Å². The van der Waals surface area contributed by atoms with Crippen molar-refractivity contribution in [1.29, 1.82) is 0 Å². The lowest BCUT2D eigenvalue weighted by Crippen LogP contribution is -2.46. The van der Waals surface area contributed by atoms with Crippen molar-refractivity contribution in [3.63, 3.8) is 0 Å². The second kappa shape index (κ2) is 8.67. The Morgan fingerprint density at radius 3 is 2.61 bits per heavy atom. The molecule has 1 fully saturated rings. The second-order valence-electron chi connectivity index (χ2n) is 6.16. The number of amides is 2. The normalized spacial score (nSPS) is 19.3. The van der Waals surface area contributed by atoms with Crippen molar-refractivity contribution in [3.05, 3.63) is 35.9 Å². The van der Waals surface area contributed by atoms with Crippen molar-refractivity contribution in [2.24, 2.45) is 0 Å². The number of likely N-dealkylation sites (tertiary alicyclic amines) is 1. The molecule has 0 saturated carbocycles. The summed E-state index contributed by atoms with van der Waals surface area (Å²) in [5.41, 5.74) is 1.15. The lowest BCUT2D eigenvalue weighted by Gasteiger charge is -2.22. The van der Waals surface area contributed by atoms with Crippen LogP contribution in [0, 0.1) is 0 Å². The first kappa shape index (κ1) is 17.5. The van der Waals surface area contributed by atoms with Crippen LogP contribution < -0.4 is 10.6 Å². The maximum Gasteiger partial charge on any atom is 0.309 e. The first-order valence-electron chi connectivity index (χ1n) is 8.46. The molecule has 5 heteroatoms. The van der Waals surface area contributed by atoms with Crippen molar-refractivity contribution >= 4 is 11.8 Å². The molecular formula is C18H27N3O2. The van der Waals surface area contributed by atoms with Crippen LogP contribution in [0.2, 0.25) is 0 Å². The molecule has 126 valence electrons. The van der Waals surface area contributed by atoms with E-state index in [1.807, 2.05) is 37.3 Å². The molecule has 0 bridgehead atoms. The van der Waals surface area contributed by atoms with E-state index >= 15 is 0 Å². The molecule has 1 aliphatic heterocycles. The highest BCUT2D eigenvalue weighted by atomic mass is 16.2. The van der Waals surface area contributed by atoms with Gasteiger partial charge in [-0.05, 0) is 37.4 Å². The van der Waals surface area contributed by atoms with E-state index in [0.29, 0.717) is 19.1 Å². The molecule has 1 aromatic rings.